The van der Waals surface area contributed by atoms with Gasteiger partial charge in [0, 0.05) is 19.5 Å². The molecule has 1 aliphatic rings. The van der Waals surface area contributed by atoms with Gasteiger partial charge in [0.2, 0.25) is 15.9 Å². The molecule has 1 aromatic rings. The van der Waals surface area contributed by atoms with Gasteiger partial charge in [0.05, 0.1) is 4.90 Å². The Morgan fingerprint density at radius 3 is 2.23 bits per heavy atom. The fourth-order valence-corrected chi connectivity index (χ4v) is 4.88. The molecule has 6 heteroatoms. The summed E-state index contributed by atoms with van der Waals surface area (Å²) in [6.45, 7) is 9.52. The SMILES string of the molecule is CC(=O)N1C(C)CN(S(=O)(=O)c2ccc(C)cc2)C1C(C)C. The largest absolute Gasteiger partial charge is 0.322 e. The second-order valence-corrected chi connectivity index (χ2v) is 8.21. The minimum atomic E-state index is -3.61. The Morgan fingerprint density at radius 1 is 1.23 bits per heavy atom. The summed E-state index contributed by atoms with van der Waals surface area (Å²) in [4.78, 5) is 13.9. The lowest BCUT2D eigenvalue weighted by molar-refractivity contribution is -0.133. The first-order valence-corrected chi connectivity index (χ1v) is 8.97. The minimum absolute atomic E-state index is 0.0223. The average Bonchev–Trinajstić information content (AvgIpc) is 2.78. The third-order valence-corrected chi connectivity index (χ3v) is 5.94. The third kappa shape index (κ3) is 2.90. The Bertz CT molecular complexity index is 652. The number of benzene rings is 1. The summed E-state index contributed by atoms with van der Waals surface area (Å²) in [5, 5.41) is 0. The van der Waals surface area contributed by atoms with E-state index in [-0.39, 0.29) is 22.8 Å². The van der Waals surface area contributed by atoms with Gasteiger partial charge in [-0.3, -0.25) is 4.79 Å². The van der Waals surface area contributed by atoms with Crippen LogP contribution in [0.2, 0.25) is 0 Å². The van der Waals surface area contributed by atoms with Gasteiger partial charge in [-0.2, -0.15) is 4.31 Å². The van der Waals surface area contributed by atoms with Gasteiger partial charge in [0.15, 0.2) is 0 Å². The first-order chi connectivity index (χ1) is 10.2. The molecular formula is C16H24N2O3S. The standard InChI is InChI=1S/C16H24N2O3S/c1-11(2)16-17(10-13(4)18(16)14(5)19)22(20,21)15-8-6-12(3)7-9-15/h6-9,11,13,16H,10H2,1-5H3. The van der Waals surface area contributed by atoms with E-state index in [2.05, 4.69) is 0 Å². The molecule has 0 radical (unpaired) electrons. The van der Waals surface area contributed by atoms with Gasteiger partial charge in [0.1, 0.15) is 6.17 Å². The lowest BCUT2D eigenvalue weighted by Crippen LogP contribution is -2.47. The van der Waals surface area contributed by atoms with Crippen molar-refractivity contribution in [2.75, 3.05) is 6.54 Å². The Labute approximate surface area is 133 Å². The number of aryl methyl sites for hydroxylation is 1. The summed E-state index contributed by atoms with van der Waals surface area (Å²) >= 11 is 0. The number of hydrogen-bond donors (Lipinski definition) is 0. The molecule has 2 rings (SSSR count). The van der Waals surface area contributed by atoms with Crippen LogP contribution in [0.25, 0.3) is 0 Å². The summed E-state index contributed by atoms with van der Waals surface area (Å²) in [7, 11) is -3.61. The number of rotatable bonds is 3. The van der Waals surface area contributed by atoms with E-state index >= 15 is 0 Å². The van der Waals surface area contributed by atoms with E-state index in [1.54, 1.807) is 29.2 Å². The summed E-state index contributed by atoms with van der Waals surface area (Å²) in [5.74, 6) is -0.0677. The number of sulfonamides is 1. The maximum absolute atomic E-state index is 13.0. The van der Waals surface area contributed by atoms with Gasteiger partial charge < -0.3 is 4.90 Å². The minimum Gasteiger partial charge on any atom is -0.322 e. The van der Waals surface area contributed by atoms with Gasteiger partial charge in [-0.15, -0.1) is 0 Å². The highest BCUT2D eigenvalue weighted by molar-refractivity contribution is 7.89. The van der Waals surface area contributed by atoms with E-state index in [9.17, 15) is 13.2 Å². The topological polar surface area (TPSA) is 57.7 Å². The molecule has 1 amide bonds. The van der Waals surface area contributed by atoms with Crippen molar-refractivity contribution in [2.45, 2.75) is 51.7 Å². The number of carbonyl (C=O) groups excluding carboxylic acids is 1. The van der Waals surface area contributed by atoms with Crippen molar-refractivity contribution in [2.24, 2.45) is 5.92 Å². The molecule has 22 heavy (non-hydrogen) atoms. The number of hydrogen-bond acceptors (Lipinski definition) is 3. The predicted octanol–water partition coefficient (Wildman–Crippen LogP) is 2.22. The smallest absolute Gasteiger partial charge is 0.244 e. The fourth-order valence-electron chi connectivity index (χ4n) is 3.09. The van der Waals surface area contributed by atoms with E-state index in [4.69, 9.17) is 0 Å². The van der Waals surface area contributed by atoms with Crippen LogP contribution >= 0.6 is 0 Å². The predicted molar refractivity (Wildman–Crippen MR) is 85.7 cm³/mol. The molecule has 1 heterocycles. The lowest BCUT2D eigenvalue weighted by Gasteiger charge is -2.33. The summed E-state index contributed by atoms with van der Waals surface area (Å²) in [6, 6.07) is 6.72. The van der Waals surface area contributed by atoms with Gasteiger partial charge in [0.25, 0.3) is 0 Å². The number of nitrogens with zero attached hydrogens (tertiary/aromatic N) is 2. The van der Waals surface area contributed by atoms with Crippen molar-refractivity contribution in [1.29, 1.82) is 0 Å². The molecule has 1 saturated heterocycles. The zero-order valence-electron chi connectivity index (χ0n) is 13.8. The highest BCUT2D eigenvalue weighted by Crippen LogP contribution is 2.31. The van der Waals surface area contributed by atoms with Crippen LogP contribution in [0.15, 0.2) is 29.2 Å². The van der Waals surface area contributed by atoms with Crippen LogP contribution in [0.3, 0.4) is 0 Å². The Balaban J connectivity index is 2.45. The van der Waals surface area contributed by atoms with E-state index in [0.29, 0.717) is 6.54 Å². The second kappa shape index (κ2) is 6.01. The monoisotopic (exact) mass is 324 g/mol. The second-order valence-electron chi connectivity index (χ2n) is 6.32. The van der Waals surface area contributed by atoms with E-state index in [0.717, 1.165) is 5.56 Å². The quantitative estimate of drug-likeness (QED) is 0.856. The molecule has 0 spiro atoms. The Kier molecular flexibility index (Phi) is 4.63. The van der Waals surface area contributed by atoms with Crippen LogP contribution < -0.4 is 0 Å². The van der Waals surface area contributed by atoms with E-state index < -0.39 is 16.2 Å². The van der Waals surface area contributed by atoms with Crippen LogP contribution in [0.1, 0.15) is 33.3 Å². The highest BCUT2D eigenvalue weighted by Gasteiger charge is 2.46. The molecule has 0 N–H and O–H groups in total. The zero-order valence-corrected chi connectivity index (χ0v) is 14.6. The molecule has 5 nitrogen and oxygen atoms in total. The van der Waals surface area contributed by atoms with Gasteiger partial charge in [-0.25, -0.2) is 8.42 Å². The third-order valence-electron chi connectivity index (χ3n) is 4.09. The van der Waals surface area contributed by atoms with Gasteiger partial charge in [-0.1, -0.05) is 31.5 Å². The summed E-state index contributed by atoms with van der Waals surface area (Å²) < 4.78 is 27.4. The molecule has 122 valence electrons. The normalized spacial score (nSPS) is 23.3. The number of carbonyl (C=O) groups is 1. The zero-order chi connectivity index (χ0) is 16.7. The van der Waals surface area contributed by atoms with Crippen LogP contribution in [-0.2, 0) is 14.8 Å². The first kappa shape index (κ1) is 17.0. The van der Waals surface area contributed by atoms with Crippen LogP contribution in [0.4, 0.5) is 0 Å². The summed E-state index contributed by atoms with van der Waals surface area (Å²) in [6.07, 6.45) is -0.432. The van der Waals surface area contributed by atoms with Crippen molar-refractivity contribution >= 4 is 15.9 Å². The van der Waals surface area contributed by atoms with Crippen LogP contribution in [-0.4, -0.2) is 42.3 Å². The molecular weight excluding hydrogens is 300 g/mol. The van der Waals surface area contributed by atoms with Gasteiger partial charge in [-0.05, 0) is 31.9 Å². The molecule has 2 atom stereocenters. The number of amides is 1. The molecule has 0 aromatic heterocycles. The maximum Gasteiger partial charge on any atom is 0.244 e. The molecule has 1 fully saturated rings. The van der Waals surface area contributed by atoms with Crippen molar-refractivity contribution in [1.82, 2.24) is 9.21 Å². The summed E-state index contributed by atoms with van der Waals surface area (Å²) in [5.41, 5.74) is 1.01. The Morgan fingerprint density at radius 2 is 1.77 bits per heavy atom. The van der Waals surface area contributed by atoms with Crippen LogP contribution in [0.5, 0.6) is 0 Å². The van der Waals surface area contributed by atoms with Gasteiger partial charge >= 0.3 is 0 Å². The maximum atomic E-state index is 13.0. The Hall–Kier alpha value is -1.40. The highest BCUT2D eigenvalue weighted by atomic mass is 32.2. The molecule has 2 unspecified atom stereocenters. The van der Waals surface area contributed by atoms with Crippen LogP contribution in [0, 0.1) is 12.8 Å². The molecule has 0 saturated carbocycles. The van der Waals surface area contributed by atoms with E-state index in [1.807, 2.05) is 27.7 Å². The van der Waals surface area contributed by atoms with Crippen molar-refractivity contribution < 1.29 is 13.2 Å². The van der Waals surface area contributed by atoms with Crippen molar-refractivity contribution in [3.05, 3.63) is 29.8 Å². The molecule has 0 aliphatic carbocycles. The lowest BCUT2D eigenvalue weighted by atomic mass is 10.1. The molecule has 1 aromatic carbocycles. The first-order valence-electron chi connectivity index (χ1n) is 7.53. The average molecular weight is 324 g/mol. The molecule has 0 bridgehead atoms. The van der Waals surface area contributed by atoms with E-state index in [1.165, 1.54) is 11.2 Å². The fraction of sp³-hybridized carbons (Fsp3) is 0.562. The molecule has 1 aliphatic heterocycles. The van der Waals surface area contributed by atoms with Crippen molar-refractivity contribution in [3.8, 4) is 0 Å². The van der Waals surface area contributed by atoms with Crippen molar-refractivity contribution in [3.63, 3.8) is 0 Å².